The fourth-order valence-electron chi connectivity index (χ4n) is 2.23. The first-order valence-electron chi connectivity index (χ1n) is 7.59. The first kappa shape index (κ1) is 16.9. The van der Waals surface area contributed by atoms with Gasteiger partial charge in [-0.05, 0) is 5.56 Å². The van der Waals surface area contributed by atoms with Gasteiger partial charge in [0, 0.05) is 11.9 Å². The molecule has 8 heteroatoms. The normalized spacial score (nSPS) is 16.8. The first-order chi connectivity index (χ1) is 11.7. The van der Waals surface area contributed by atoms with Crippen LogP contribution in [0, 0.1) is 0 Å². The molecular formula is C16H18N4O2S2. The van der Waals surface area contributed by atoms with Crippen LogP contribution in [0.1, 0.15) is 5.56 Å². The van der Waals surface area contributed by atoms with Gasteiger partial charge in [0.25, 0.3) is 0 Å². The monoisotopic (exact) mass is 362 g/mol. The van der Waals surface area contributed by atoms with Gasteiger partial charge in [-0.3, -0.25) is 9.48 Å². The Bertz CT molecular complexity index is 705. The number of hydrogen-bond acceptors (Lipinski definition) is 5. The molecule has 24 heavy (non-hydrogen) atoms. The van der Waals surface area contributed by atoms with Gasteiger partial charge in [-0.2, -0.15) is 5.10 Å². The summed E-state index contributed by atoms with van der Waals surface area (Å²) in [6.07, 6.45) is 3.43. The highest BCUT2D eigenvalue weighted by atomic mass is 32.2. The Labute approximate surface area is 150 Å². The van der Waals surface area contributed by atoms with Crippen molar-refractivity contribution in [3.05, 3.63) is 48.3 Å². The molecule has 0 bridgehead atoms. The molecule has 2 N–H and O–H groups in total. The highest BCUT2D eigenvalue weighted by Gasteiger charge is 2.25. The molecule has 1 amide bonds. The van der Waals surface area contributed by atoms with Gasteiger partial charge in [0.1, 0.15) is 10.4 Å². The molecule has 1 saturated heterocycles. The Balaban J connectivity index is 1.40. The van der Waals surface area contributed by atoms with Crippen molar-refractivity contribution in [2.24, 2.45) is 0 Å². The summed E-state index contributed by atoms with van der Waals surface area (Å²) in [6.45, 7) is 1.76. The van der Waals surface area contributed by atoms with Gasteiger partial charge in [-0.1, -0.05) is 54.3 Å². The highest BCUT2D eigenvalue weighted by molar-refractivity contribution is 8.23. The molecule has 1 fully saturated rings. The fourth-order valence-corrected chi connectivity index (χ4v) is 3.35. The second-order valence-corrected chi connectivity index (χ2v) is 7.01. The van der Waals surface area contributed by atoms with Crippen LogP contribution >= 0.6 is 24.0 Å². The van der Waals surface area contributed by atoms with E-state index in [4.69, 9.17) is 17.0 Å². The van der Waals surface area contributed by atoms with E-state index >= 15 is 0 Å². The number of anilines is 1. The minimum Gasteiger partial charge on any atom is -0.375 e. The summed E-state index contributed by atoms with van der Waals surface area (Å²) in [5.74, 6) is 0.564. The zero-order valence-electron chi connectivity index (χ0n) is 13.0. The van der Waals surface area contributed by atoms with E-state index in [-0.39, 0.29) is 11.9 Å². The summed E-state index contributed by atoms with van der Waals surface area (Å²) < 4.78 is 8.05. The third-order valence-electron chi connectivity index (χ3n) is 3.47. The van der Waals surface area contributed by atoms with Crippen LogP contribution in [0.3, 0.4) is 0 Å². The molecule has 6 nitrogen and oxygen atoms in total. The number of rotatable bonds is 7. The third kappa shape index (κ3) is 4.80. The van der Waals surface area contributed by atoms with Gasteiger partial charge >= 0.3 is 0 Å². The summed E-state index contributed by atoms with van der Waals surface area (Å²) in [6, 6.07) is 9.75. The quantitative estimate of drug-likeness (QED) is 0.580. The predicted molar refractivity (Wildman–Crippen MR) is 98.9 cm³/mol. The molecule has 0 spiro atoms. The number of carbonyl (C=O) groups is 1. The van der Waals surface area contributed by atoms with E-state index in [9.17, 15) is 4.79 Å². The number of amides is 1. The lowest BCUT2D eigenvalue weighted by Gasteiger charge is -2.08. The molecule has 1 aliphatic rings. The van der Waals surface area contributed by atoms with Crippen LogP contribution < -0.4 is 10.6 Å². The summed E-state index contributed by atoms with van der Waals surface area (Å²) in [4.78, 5) is 12.1. The molecule has 1 aliphatic heterocycles. The number of aromatic nitrogens is 2. The van der Waals surface area contributed by atoms with E-state index in [2.05, 4.69) is 15.7 Å². The van der Waals surface area contributed by atoms with Crippen LogP contribution in [0.2, 0.25) is 0 Å². The number of hydrogen-bond donors (Lipinski definition) is 2. The lowest BCUT2D eigenvalue weighted by Crippen LogP contribution is -2.38. The fraction of sp³-hybridized carbons (Fsp3) is 0.312. The van der Waals surface area contributed by atoms with Gasteiger partial charge < -0.3 is 15.4 Å². The van der Waals surface area contributed by atoms with Crippen LogP contribution in [0.15, 0.2) is 42.7 Å². The number of nitrogens with one attached hydrogen (secondary N) is 2. The number of benzene rings is 1. The number of carbonyl (C=O) groups excluding carboxylic acids is 1. The highest BCUT2D eigenvalue weighted by Crippen LogP contribution is 2.15. The predicted octanol–water partition coefficient (Wildman–Crippen LogP) is 2.03. The van der Waals surface area contributed by atoms with Crippen molar-refractivity contribution in [2.75, 3.05) is 17.7 Å². The van der Waals surface area contributed by atoms with Gasteiger partial charge in [0.2, 0.25) is 5.91 Å². The molecule has 1 aromatic carbocycles. The lowest BCUT2D eigenvalue weighted by atomic mass is 10.2. The zero-order valence-corrected chi connectivity index (χ0v) is 14.6. The second-order valence-electron chi connectivity index (χ2n) is 5.31. The molecule has 1 atom stereocenters. The Kier molecular flexibility index (Phi) is 5.84. The average molecular weight is 362 g/mol. The summed E-state index contributed by atoms with van der Waals surface area (Å²) in [5, 5.41) is 10.0. The van der Waals surface area contributed by atoms with Crippen molar-refractivity contribution in [1.29, 1.82) is 0 Å². The van der Waals surface area contributed by atoms with Crippen molar-refractivity contribution >= 4 is 39.9 Å². The molecule has 2 heterocycles. The summed E-state index contributed by atoms with van der Waals surface area (Å²) in [5.41, 5.74) is 1.82. The maximum Gasteiger partial charge on any atom is 0.247 e. The molecule has 0 radical (unpaired) electrons. The molecule has 3 rings (SSSR count). The van der Waals surface area contributed by atoms with E-state index in [0.717, 1.165) is 5.56 Å². The van der Waals surface area contributed by atoms with Crippen LogP contribution in [0.5, 0.6) is 0 Å². The first-order valence-corrected chi connectivity index (χ1v) is 8.98. The minimum absolute atomic E-state index is 0.0952. The number of nitrogens with zero attached hydrogens (tertiary/aromatic N) is 2. The van der Waals surface area contributed by atoms with E-state index in [0.29, 0.717) is 35.5 Å². The topological polar surface area (TPSA) is 68.2 Å². The molecule has 1 unspecified atom stereocenters. The third-order valence-corrected chi connectivity index (χ3v) is 4.82. The van der Waals surface area contributed by atoms with Crippen molar-refractivity contribution < 1.29 is 9.53 Å². The number of thioether (sulfide) groups is 1. The standard InChI is InChI=1S/C16H18N4O2S2/c21-15(14-11-24-16(23)19-14)18-13-8-17-20(9-13)6-7-22-10-12-4-2-1-3-5-12/h1-5,8-9,14H,6-7,10-11H2,(H,18,21)(H,19,23). The van der Waals surface area contributed by atoms with E-state index in [1.54, 1.807) is 17.1 Å². The molecule has 126 valence electrons. The van der Waals surface area contributed by atoms with Crippen LogP contribution in [-0.2, 0) is 22.7 Å². The largest absolute Gasteiger partial charge is 0.375 e. The van der Waals surface area contributed by atoms with Crippen molar-refractivity contribution in [3.8, 4) is 0 Å². The van der Waals surface area contributed by atoms with Gasteiger partial charge in [-0.15, -0.1) is 0 Å². The number of thiocarbonyl (C=S) groups is 1. The van der Waals surface area contributed by atoms with E-state index in [1.807, 2.05) is 30.3 Å². The zero-order chi connectivity index (χ0) is 16.8. The maximum atomic E-state index is 12.1. The van der Waals surface area contributed by atoms with E-state index < -0.39 is 0 Å². The van der Waals surface area contributed by atoms with Crippen molar-refractivity contribution in [1.82, 2.24) is 15.1 Å². The van der Waals surface area contributed by atoms with Crippen LogP contribution in [0.4, 0.5) is 5.69 Å². The van der Waals surface area contributed by atoms with Crippen LogP contribution in [-0.4, -0.2) is 38.4 Å². The summed E-state index contributed by atoms with van der Waals surface area (Å²) >= 11 is 6.50. The molecule has 0 aliphatic carbocycles. The van der Waals surface area contributed by atoms with Gasteiger partial charge in [0.05, 0.1) is 31.6 Å². The SMILES string of the molecule is O=C(Nc1cnn(CCOCc2ccccc2)c1)C1CSC(=S)N1. The Morgan fingerprint density at radius 3 is 3.04 bits per heavy atom. The maximum absolute atomic E-state index is 12.1. The van der Waals surface area contributed by atoms with Crippen molar-refractivity contribution in [2.45, 2.75) is 19.2 Å². The van der Waals surface area contributed by atoms with Gasteiger partial charge in [0.15, 0.2) is 0 Å². The number of ether oxygens (including phenoxy) is 1. The minimum atomic E-state index is -0.278. The van der Waals surface area contributed by atoms with Gasteiger partial charge in [-0.25, -0.2) is 0 Å². The smallest absolute Gasteiger partial charge is 0.247 e. The molecule has 1 aromatic heterocycles. The Hall–Kier alpha value is -1.90. The molecule has 2 aromatic rings. The Morgan fingerprint density at radius 1 is 1.46 bits per heavy atom. The van der Waals surface area contributed by atoms with E-state index in [1.165, 1.54) is 11.8 Å². The van der Waals surface area contributed by atoms with Crippen molar-refractivity contribution in [3.63, 3.8) is 0 Å². The molecular weight excluding hydrogens is 344 g/mol. The second kappa shape index (κ2) is 8.27. The lowest BCUT2D eigenvalue weighted by molar-refractivity contribution is -0.117. The summed E-state index contributed by atoms with van der Waals surface area (Å²) in [7, 11) is 0. The van der Waals surface area contributed by atoms with Crippen LogP contribution in [0.25, 0.3) is 0 Å². The average Bonchev–Trinajstić information content (AvgIpc) is 3.22. The molecule has 0 saturated carbocycles. The Morgan fingerprint density at radius 2 is 2.29 bits per heavy atom.